The molecule has 3 rings (SSSR count). The van der Waals surface area contributed by atoms with Crippen LogP contribution in [0.2, 0.25) is 0 Å². The molecule has 3 aromatic heterocycles. The van der Waals surface area contributed by atoms with Crippen LogP contribution in [-0.4, -0.2) is 27.3 Å². The lowest BCUT2D eigenvalue weighted by Gasteiger charge is -2.21. The Kier molecular flexibility index (Phi) is 4.60. The van der Waals surface area contributed by atoms with Crippen molar-refractivity contribution in [2.24, 2.45) is 0 Å². The molecule has 0 unspecified atom stereocenters. The van der Waals surface area contributed by atoms with E-state index in [1.54, 1.807) is 35.0 Å². The Labute approximate surface area is 132 Å². The largest absolute Gasteiger partial charge is 0.472 e. The van der Waals surface area contributed by atoms with Crippen molar-refractivity contribution in [3.05, 3.63) is 70.8 Å². The van der Waals surface area contributed by atoms with Crippen molar-refractivity contribution < 1.29 is 9.21 Å². The molecular weight excluding hydrogens is 298 g/mol. The molecule has 0 saturated heterocycles. The zero-order valence-corrected chi connectivity index (χ0v) is 12.7. The first-order chi connectivity index (χ1) is 10.8. The monoisotopic (exact) mass is 313 g/mol. The maximum atomic E-state index is 12.6. The average molecular weight is 313 g/mol. The van der Waals surface area contributed by atoms with E-state index >= 15 is 0 Å². The Balaban J connectivity index is 1.74. The predicted octanol–water partition coefficient (Wildman–Crippen LogP) is 3.02. The number of nitrogens with zero attached hydrogens (tertiary/aromatic N) is 3. The lowest BCUT2D eigenvalue weighted by atomic mass is 10.2. The normalized spacial score (nSPS) is 10.5. The molecule has 0 radical (unpaired) electrons. The third kappa shape index (κ3) is 3.59. The smallest absolute Gasteiger partial charge is 0.274 e. The molecule has 0 fully saturated rings. The summed E-state index contributed by atoms with van der Waals surface area (Å²) in [5.41, 5.74) is 1.32. The van der Waals surface area contributed by atoms with Gasteiger partial charge in [0.15, 0.2) is 0 Å². The first-order valence-corrected chi connectivity index (χ1v) is 7.79. The standard InChI is InChI=1S/C16H15N3O2S/c20-16(15-10-17-5-6-18-15)19(11-13-4-8-21-12-13)7-3-14-2-1-9-22-14/h1-2,4-6,8-10,12H,3,7,11H2. The van der Waals surface area contributed by atoms with Crippen LogP contribution in [0.25, 0.3) is 0 Å². The van der Waals surface area contributed by atoms with Gasteiger partial charge in [0, 0.05) is 35.9 Å². The van der Waals surface area contributed by atoms with Gasteiger partial charge in [0.1, 0.15) is 5.69 Å². The highest BCUT2D eigenvalue weighted by Gasteiger charge is 2.18. The summed E-state index contributed by atoms with van der Waals surface area (Å²) < 4.78 is 5.09. The lowest BCUT2D eigenvalue weighted by Crippen LogP contribution is -2.33. The zero-order chi connectivity index (χ0) is 15.2. The average Bonchev–Trinajstić information content (AvgIpc) is 3.25. The first kappa shape index (κ1) is 14.5. The molecule has 0 atom stereocenters. The van der Waals surface area contributed by atoms with Gasteiger partial charge in [-0.2, -0.15) is 0 Å². The van der Waals surface area contributed by atoms with Crippen LogP contribution in [0.1, 0.15) is 20.9 Å². The SMILES string of the molecule is O=C(c1cnccn1)N(CCc1cccs1)Cc1ccoc1. The zero-order valence-electron chi connectivity index (χ0n) is 11.9. The van der Waals surface area contributed by atoms with Gasteiger partial charge in [-0.05, 0) is 23.9 Å². The molecule has 0 aliphatic rings. The number of aromatic nitrogens is 2. The summed E-state index contributed by atoms with van der Waals surface area (Å²) >= 11 is 1.70. The van der Waals surface area contributed by atoms with Gasteiger partial charge in [-0.15, -0.1) is 11.3 Å². The van der Waals surface area contributed by atoms with E-state index in [-0.39, 0.29) is 5.91 Å². The van der Waals surface area contributed by atoms with Crippen molar-refractivity contribution in [2.45, 2.75) is 13.0 Å². The van der Waals surface area contributed by atoms with Crippen molar-refractivity contribution in [1.29, 1.82) is 0 Å². The summed E-state index contributed by atoms with van der Waals surface area (Å²) in [6, 6.07) is 5.96. The second kappa shape index (κ2) is 7.00. The van der Waals surface area contributed by atoms with Gasteiger partial charge < -0.3 is 9.32 Å². The molecular formula is C16H15N3O2S. The van der Waals surface area contributed by atoms with Crippen LogP contribution in [0.3, 0.4) is 0 Å². The van der Waals surface area contributed by atoms with Crippen molar-refractivity contribution in [3.8, 4) is 0 Å². The minimum atomic E-state index is -0.120. The number of carbonyl (C=O) groups excluding carboxylic acids is 1. The Hall–Kier alpha value is -2.47. The Morgan fingerprint density at radius 3 is 2.95 bits per heavy atom. The summed E-state index contributed by atoms with van der Waals surface area (Å²) in [6.45, 7) is 1.12. The summed E-state index contributed by atoms with van der Waals surface area (Å²) in [5.74, 6) is -0.120. The molecule has 0 spiro atoms. The van der Waals surface area contributed by atoms with Crippen LogP contribution >= 0.6 is 11.3 Å². The van der Waals surface area contributed by atoms with E-state index in [2.05, 4.69) is 16.0 Å². The summed E-state index contributed by atoms with van der Waals surface area (Å²) in [5, 5.41) is 2.04. The molecule has 3 heterocycles. The van der Waals surface area contributed by atoms with Gasteiger partial charge in [0.05, 0.1) is 18.7 Å². The fourth-order valence-electron chi connectivity index (χ4n) is 2.13. The molecule has 22 heavy (non-hydrogen) atoms. The number of furan rings is 1. The van der Waals surface area contributed by atoms with Crippen molar-refractivity contribution in [1.82, 2.24) is 14.9 Å². The number of thiophene rings is 1. The van der Waals surface area contributed by atoms with Crippen molar-refractivity contribution in [2.75, 3.05) is 6.54 Å². The van der Waals surface area contributed by atoms with E-state index in [0.29, 0.717) is 18.8 Å². The molecule has 0 N–H and O–H groups in total. The quantitative estimate of drug-likeness (QED) is 0.702. The van der Waals surface area contributed by atoms with E-state index in [4.69, 9.17) is 4.42 Å². The van der Waals surface area contributed by atoms with Crippen LogP contribution in [0, 0.1) is 0 Å². The fraction of sp³-hybridized carbons (Fsp3) is 0.188. The van der Waals surface area contributed by atoms with Gasteiger partial charge in [-0.1, -0.05) is 6.07 Å². The minimum Gasteiger partial charge on any atom is -0.472 e. The van der Waals surface area contributed by atoms with Gasteiger partial charge in [-0.25, -0.2) is 4.98 Å². The second-order valence-electron chi connectivity index (χ2n) is 4.78. The highest BCUT2D eigenvalue weighted by Crippen LogP contribution is 2.13. The van der Waals surface area contributed by atoms with Crippen LogP contribution in [0.15, 0.2) is 59.1 Å². The number of amides is 1. The van der Waals surface area contributed by atoms with Gasteiger partial charge >= 0.3 is 0 Å². The first-order valence-electron chi connectivity index (χ1n) is 6.91. The molecule has 6 heteroatoms. The maximum absolute atomic E-state index is 12.6. The van der Waals surface area contributed by atoms with Gasteiger partial charge in [0.25, 0.3) is 5.91 Å². The van der Waals surface area contributed by atoms with Crippen LogP contribution in [0.4, 0.5) is 0 Å². The van der Waals surface area contributed by atoms with Crippen LogP contribution < -0.4 is 0 Å². The van der Waals surface area contributed by atoms with E-state index < -0.39 is 0 Å². The van der Waals surface area contributed by atoms with Crippen molar-refractivity contribution >= 4 is 17.2 Å². The lowest BCUT2D eigenvalue weighted by molar-refractivity contribution is 0.0738. The molecule has 112 valence electrons. The molecule has 0 aliphatic heterocycles. The number of hydrogen-bond acceptors (Lipinski definition) is 5. The molecule has 0 saturated carbocycles. The second-order valence-corrected chi connectivity index (χ2v) is 5.81. The summed E-state index contributed by atoms with van der Waals surface area (Å²) in [7, 11) is 0. The maximum Gasteiger partial charge on any atom is 0.274 e. The molecule has 5 nitrogen and oxygen atoms in total. The molecule has 1 amide bonds. The van der Waals surface area contributed by atoms with Crippen molar-refractivity contribution in [3.63, 3.8) is 0 Å². The molecule has 0 bridgehead atoms. The minimum absolute atomic E-state index is 0.120. The third-order valence-electron chi connectivity index (χ3n) is 3.23. The van der Waals surface area contributed by atoms with Crippen LogP contribution in [0.5, 0.6) is 0 Å². The molecule has 0 aliphatic carbocycles. The highest BCUT2D eigenvalue weighted by atomic mass is 32.1. The number of rotatable bonds is 6. The van der Waals surface area contributed by atoms with E-state index in [1.165, 1.54) is 17.3 Å². The van der Waals surface area contributed by atoms with E-state index in [9.17, 15) is 4.79 Å². The Bertz CT molecular complexity index is 696. The predicted molar refractivity (Wildman–Crippen MR) is 83.5 cm³/mol. The molecule has 0 aromatic carbocycles. The van der Waals surface area contributed by atoms with Gasteiger partial charge in [0.2, 0.25) is 0 Å². The third-order valence-corrected chi connectivity index (χ3v) is 4.17. The van der Waals surface area contributed by atoms with Gasteiger partial charge in [-0.3, -0.25) is 9.78 Å². The highest BCUT2D eigenvalue weighted by molar-refractivity contribution is 7.09. The topological polar surface area (TPSA) is 59.2 Å². The van der Waals surface area contributed by atoms with E-state index in [1.807, 2.05) is 17.5 Å². The Morgan fingerprint density at radius 2 is 2.27 bits per heavy atom. The number of carbonyl (C=O) groups is 1. The van der Waals surface area contributed by atoms with Crippen LogP contribution in [-0.2, 0) is 13.0 Å². The fourth-order valence-corrected chi connectivity index (χ4v) is 2.83. The number of hydrogen-bond donors (Lipinski definition) is 0. The summed E-state index contributed by atoms with van der Waals surface area (Å²) in [6.07, 6.45) is 8.67. The van der Waals surface area contributed by atoms with E-state index in [0.717, 1.165) is 12.0 Å². The Morgan fingerprint density at radius 1 is 1.32 bits per heavy atom. The summed E-state index contributed by atoms with van der Waals surface area (Å²) in [4.78, 5) is 23.7. The molecule has 3 aromatic rings.